The van der Waals surface area contributed by atoms with E-state index in [1.54, 1.807) is 21.9 Å². The van der Waals surface area contributed by atoms with Gasteiger partial charge in [0.15, 0.2) is 0 Å². The lowest BCUT2D eigenvalue weighted by atomic mass is 10.1. The summed E-state index contributed by atoms with van der Waals surface area (Å²) in [6.45, 7) is 3.34. The maximum Gasteiger partial charge on any atom is 0.247 e. The standard InChI is InChI=1S/C22H22ClN5O2S/c1-2-19-22(30)27(11-14-3-5-17-18(9-14)25-13-26-21(17)24)7-8-28(19)20(29)6-4-16-10-15(23)12-31-16/h3-6,9-10,12-13,19H,2,7-8,11H2,1H3,(H2,24,25,26)/t19-/m0/s1. The van der Waals surface area contributed by atoms with Gasteiger partial charge < -0.3 is 15.5 Å². The number of thiophene rings is 1. The van der Waals surface area contributed by atoms with Crippen LogP contribution in [0.25, 0.3) is 17.0 Å². The summed E-state index contributed by atoms with van der Waals surface area (Å²) in [5.41, 5.74) is 7.60. The first kappa shape index (κ1) is 21.3. The van der Waals surface area contributed by atoms with Gasteiger partial charge in [-0.05, 0) is 36.3 Å². The van der Waals surface area contributed by atoms with Crippen LogP contribution in [0.4, 0.5) is 5.82 Å². The number of hydrogen-bond acceptors (Lipinski definition) is 6. The summed E-state index contributed by atoms with van der Waals surface area (Å²) in [5, 5.41) is 3.25. The topological polar surface area (TPSA) is 92.4 Å². The van der Waals surface area contributed by atoms with Crippen molar-refractivity contribution in [2.45, 2.75) is 25.9 Å². The van der Waals surface area contributed by atoms with E-state index >= 15 is 0 Å². The van der Waals surface area contributed by atoms with Crippen LogP contribution in [0.2, 0.25) is 5.02 Å². The number of amides is 2. The van der Waals surface area contributed by atoms with Crippen LogP contribution in [0.5, 0.6) is 0 Å². The van der Waals surface area contributed by atoms with E-state index in [2.05, 4.69) is 9.97 Å². The molecular weight excluding hydrogens is 434 g/mol. The zero-order valence-electron chi connectivity index (χ0n) is 17.0. The van der Waals surface area contributed by atoms with E-state index in [0.717, 1.165) is 21.3 Å². The smallest absolute Gasteiger partial charge is 0.247 e. The van der Waals surface area contributed by atoms with Crippen molar-refractivity contribution in [1.82, 2.24) is 19.8 Å². The molecule has 4 rings (SSSR count). The SMILES string of the molecule is CC[C@H]1C(=O)N(Cc2ccc3c(N)ncnc3c2)CCN1C(=O)C=Cc1cc(Cl)cs1. The first-order chi connectivity index (χ1) is 15.0. The third-order valence-corrected chi connectivity index (χ3v) is 6.58. The average molecular weight is 456 g/mol. The number of aromatic nitrogens is 2. The minimum Gasteiger partial charge on any atom is -0.383 e. The van der Waals surface area contributed by atoms with E-state index < -0.39 is 6.04 Å². The Morgan fingerprint density at radius 2 is 2.16 bits per heavy atom. The summed E-state index contributed by atoms with van der Waals surface area (Å²) in [6, 6.07) is 7.06. The Labute approximate surface area is 189 Å². The van der Waals surface area contributed by atoms with E-state index in [9.17, 15) is 9.59 Å². The van der Waals surface area contributed by atoms with Gasteiger partial charge in [-0.1, -0.05) is 24.6 Å². The van der Waals surface area contributed by atoms with Gasteiger partial charge in [-0.3, -0.25) is 9.59 Å². The molecule has 2 aromatic heterocycles. The lowest BCUT2D eigenvalue weighted by Crippen LogP contribution is -2.57. The molecule has 7 nitrogen and oxygen atoms in total. The van der Waals surface area contributed by atoms with Gasteiger partial charge in [0.25, 0.3) is 0 Å². The zero-order chi connectivity index (χ0) is 22.0. The summed E-state index contributed by atoms with van der Waals surface area (Å²) in [7, 11) is 0. The van der Waals surface area contributed by atoms with Crippen LogP contribution in [0.3, 0.4) is 0 Å². The van der Waals surface area contributed by atoms with Gasteiger partial charge in [-0.25, -0.2) is 9.97 Å². The molecule has 160 valence electrons. The van der Waals surface area contributed by atoms with Gasteiger partial charge in [0.2, 0.25) is 11.8 Å². The Morgan fingerprint density at radius 1 is 1.32 bits per heavy atom. The summed E-state index contributed by atoms with van der Waals surface area (Å²) >= 11 is 7.40. The molecule has 1 saturated heterocycles. The molecule has 1 aliphatic heterocycles. The van der Waals surface area contributed by atoms with Gasteiger partial charge in [-0.2, -0.15) is 0 Å². The third-order valence-electron chi connectivity index (χ3n) is 5.34. The molecule has 1 aromatic carbocycles. The maximum atomic E-state index is 13.1. The van der Waals surface area contributed by atoms with Crippen molar-refractivity contribution in [2.24, 2.45) is 0 Å². The number of halogens is 1. The quantitative estimate of drug-likeness (QED) is 0.593. The molecule has 2 amide bonds. The van der Waals surface area contributed by atoms with Crippen LogP contribution in [-0.2, 0) is 16.1 Å². The van der Waals surface area contributed by atoms with Crippen LogP contribution in [-0.4, -0.2) is 50.7 Å². The highest BCUT2D eigenvalue weighted by Crippen LogP contribution is 2.23. The number of anilines is 1. The van der Waals surface area contributed by atoms with Crippen molar-refractivity contribution >= 4 is 57.5 Å². The number of rotatable bonds is 5. The monoisotopic (exact) mass is 455 g/mol. The number of fused-ring (bicyclic) bond motifs is 1. The molecule has 0 aliphatic carbocycles. The molecule has 0 saturated carbocycles. The summed E-state index contributed by atoms with van der Waals surface area (Å²) in [4.78, 5) is 38.5. The van der Waals surface area contributed by atoms with Gasteiger partial charge in [0.05, 0.1) is 10.5 Å². The molecule has 31 heavy (non-hydrogen) atoms. The highest BCUT2D eigenvalue weighted by molar-refractivity contribution is 7.11. The van der Waals surface area contributed by atoms with E-state index in [-0.39, 0.29) is 11.8 Å². The fourth-order valence-corrected chi connectivity index (χ4v) is 4.74. The molecule has 1 fully saturated rings. The molecule has 2 N–H and O–H groups in total. The van der Waals surface area contributed by atoms with E-state index in [0.29, 0.717) is 36.9 Å². The molecular formula is C22H22ClN5O2S. The van der Waals surface area contributed by atoms with E-state index in [4.69, 9.17) is 17.3 Å². The molecule has 0 radical (unpaired) electrons. The normalized spacial score (nSPS) is 17.1. The highest BCUT2D eigenvalue weighted by atomic mass is 35.5. The Bertz CT molecular complexity index is 1160. The summed E-state index contributed by atoms with van der Waals surface area (Å²) < 4.78 is 0. The number of piperazine rings is 1. The van der Waals surface area contributed by atoms with Crippen LogP contribution < -0.4 is 5.73 Å². The molecule has 0 spiro atoms. The molecule has 1 atom stereocenters. The van der Waals surface area contributed by atoms with Crippen LogP contribution in [0, 0.1) is 0 Å². The number of benzene rings is 1. The third kappa shape index (κ3) is 4.55. The molecule has 1 aliphatic rings. The second-order valence-electron chi connectivity index (χ2n) is 7.33. The fourth-order valence-electron chi connectivity index (χ4n) is 3.76. The van der Waals surface area contributed by atoms with E-state index in [1.165, 1.54) is 23.7 Å². The van der Waals surface area contributed by atoms with Crippen molar-refractivity contribution < 1.29 is 9.59 Å². The summed E-state index contributed by atoms with van der Waals surface area (Å²) in [5.74, 6) is 0.225. The molecule has 0 unspecified atom stereocenters. The first-order valence-electron chi connectivity index (χ1n) is 9.97. The number of nitrogens with zero attached hydrogens (tertiary/aromatic N) is 4. The number of carbonyl (C=O) groups is 2. The van der Waals surface area contributed by atoms with Gasteiger partial charge in [0, 0.05) is 41.4 Å². The molecule has 3 aromatic rings. The minimum atomic E-state index is -0.476. The van der Waals surface area contributed by atoms with Crippen molar-refractivity contribution in [3.63, 3.8) is 0 Å². The predicted molar refractivity (Wildman–Crippen MR) is 124 cm³/mol. The van der Waals surface area contributed by atoms with Crippen LogP contribution in [0.1, 0.15) is 23.8 Å². The Kier molecular flexibility index (Phi) is 6.20. The first-order valence-corrected chi connectivity index (χ1v) is 11.2. The number of nitrogens with two attached hydrogens (primary N) is 1. The second kappa shape index (κ2) is 9.03. The predicted octanol–water partition coefficient (Wildman–Crippen LogP) is 3.59. The van der Waals surface area contributed by atoms with Crippen molar-refractivity contribution in [2.75, 3.05) is 18.8 Å². The van der Waals surface area contributed by atoms with Crippen LogP contribution in [0.15, 0.2) is 42.0 Å². The zero-order valence-corrected chi connectivity index (χ0v) is 18.6. The van der Waals surface area contributed by atoms with Crippen LogP contribution >= 0.6 is 22.9 Å². The van der Waals surface area contributed by atoms with Crippen molar-refractivity contribution in [3.05, 3.63) is 57.5 Å². The lowest BCUT2D eigenvalue weighted by molar-refractivity contribution is -0.149. The van der Waals surface area contributed by atoms with E-state index in [1.807, 2.05) is 30.5 Å². The highest BCUT2D eigenvalue weighted by Gasteiger charge is 2.35. The Balaban J connectivity index is 1.46. The van der Waals surface area contributed by atoms with Gasteiger partial charge in [0.1, 0.15) is 18.2 Å². The number of hydrogen-bond donors (Lipinski definition) is 1. The number of carbonyl (C=O) groups excluding carboxylic acids is 2. The average Bonchev–Trinajstić information content (AvgIpc) is 3.18. The summed E-state index contributed by atoms with van der Waals surface area (Å²) in [6.07, 6.45) is 5.25. The molecule has 0 bridgehead atoms. The Hall–Kier alpha value is -2.97. The van der Waals surface area contributed by atoms with Gasteiger partial charge >= 0.3 is 0 Å². The lowest BCUT2D eigenvalue weighted by Gasteiger charge is -2.40. The molecule has 9 heteroatoms. The van der Waals surface area contributed by atoms with Crippen molar-refractivity contribution in [3.8, 4) is 0 Å². The van der Waals surface area contributed by atoms with Gasteiger partial charge in [-0.15, -0.1) is 11.3 Å². The number of nitrogen functional groups attached to an aromatic ring is 1. The largest absolute Gasteiger partial charge is 0.383 e. The second-order valence-corrected chi connectivity index (χ2v) is 8.71. The molecule has 3 heterocycles. The fraction of sp³-hybridized carbons (Fsp3) is 0.273. The minimum absolute atomic E-state index is 0.0445. The maximum absolute atomic E-state index is 13.1. The van der Waals surface area contributed by atoms with Crippen molar-refractivity contribution in [1.29, 1.82) is 0 Å². The Morgan fingerprint density at radius 3 is 2.90 bits per heavy atom.